The average Bonchev–Trinajstić information content (AvgIpc) is 3.11. The minimum atomic E-state index is -3.20. The van der Waals surface area contributed by atoms with Crippen LogP contribution >= 0.6 is 0 Å². The second-order valence-electron chi connectivity index (χ2n) is 6.42. The van der Waals surface area contributed by atoms with Crippen LogP contribution in [-0.4, -0.2) is 77.8 Å². The smallest absolute Gasteiger partial charge is 0.241 e. The maximum absolute atomic E-state index is 12.4. The van der Waals surface area contributed by atoms with E-state index in [0.717, 1.165) is 12.1 Å². The molecule has 9 heteroatoms. The van der Waals surface area contributed by atoms with Gasteiger partial charge in [0.25, 0.3) is 0 Å². The molecule has 0 bridgehead atoms. The lowest BCUT2D eigenvalue weighted by Crippen LogP contribution is -2.64. The Kier molecular flexibility index (Phi) is 3.97. The number of aromatic nitrogens is 2. The summed E-state index contributed by atoms with van der Waals surface area (Å²) in [5.74, 6) is 0.126. The highest BCUT2D eigenvalue weighted by atomic mass is 32.2. The minimum absolute atomic E-state index is 0.0166. The predicted molar refractivity (Wildman–Crippen MR) is 86.6 cm³/mol. The van der Waals surface area contributed by atoms with Crippen LogP contribution in [-0.2, 0) is 21.9 Å². The summed E-state index contributed by atoms with van der Waals surface area (Å²) in [7, 11) is 0.512. The van der Waals surface area contributed by atoms with E-state index in [1.807, 2.05) is 25.2 Å². The molecular formula is C14H23N5O3S. The van der Waals surface area contributed by atoms with Crippen molar-refractivity contribution >= 4 is 21.6 Å². The van der Waals surface area contributed by atoms with Crippen molar-refractivity contribution in [1.29, 1.82) is 0 Å². The van der Waals surface area contributed by atoms with Crippen LogP contribution in [0.3, 0.4) is 0 Å². The number of carbonyl (C=O) groups excluding carboxylic acids is 1. The van der Waals surface area contributed by atoms with Gasteiger partial charge < -0.3 is 4.90 Å². The maximum atomic E-state index is 12.4. The molecule has 23 heavy (non-hydrogen) atoms. The number of hydrogen-bond donors (Lipinski definition) is 0. The van der Waals surface area contributed by atoms with Gasteiger partial charge in [-0.2, -0.15) is 9.40 Å². The maximum Gasteiger partial charge on any atom is 0.241 e. The minimum Gasteiger partial charge on any atom is -0.306 e. The lowest BCUT2D eigenvalue weighted by atomic mass is 9.93. The number of hydrogen-bond acceptors (Lipinski definition) is 5. The van der Waals surface area contributed by atoms with Crippen molar-refractivity contribution in [3.63, 3.8) is 0 Å². The van der Waals surface area contributed by atoms with Crippen molar-refractivity contribution in [2.75, 3.05) is 43.9 Å². The topological polar surface area (TPSA) is 78.8 Å². The fourth-order valence-electron chi connectivity index (χ4n) is 3.42. The van der Waals surface area contributed by atoms with E-state index in [-0.39, 0.29) is 23.7 Å². The van der Waals surface area contributed by atoms with Crippen LogP contribution in [0.15, 0.2) is 12.4 Å². The molecule has 0 unspecified atom stereocenters. The Morgan fingerprint density at radius 1 is 1.30 bits per heavy atom. The zero-order valence-electron chi connectivity index (χ0n) is 13.8. The molecule has 2 saturated heterocycles. The highest BCUT2D eigenvalue weighted by Gasteiger charge is 2.49. The fourth-order valence-corrected chi connectivity index (χ4v) is 4.59. The van der Waals surface area contributed by atoms with E-state index in [9.17, 15) is 13.2 Å². The molecule has 2 aliphatic heterocycles. The van der Waals surface area contributed by atoms with Gasteiger partial charge in [-0.1, -0.05) is 0 Å². The van der Waals surface area contributed by atoms with Crippen LogP contribution in [0.25, 0.3) is 0 Å². The van der Waals surface area contributed by atoms with Crippen molar-refractivity contribution in [3.8, 4) is 0 Å². The molecule has 3 rings (SSSR count). The summed E-state index contributed by atoms with van der Waals surface area (Å²) in [6, 6.07) is 0. The lowest BCUT2D eigenvalue weighted by molar-refractivity contribution is -0.123. The molecule has 128 valence electrons. The second-order valence-corrected chi connectivity index (χ2v) is 8.67. The number of sulfonamides is 1. The summed E-state index contributed by atoms with van der Waals surface area (Å²) in [6.07, 6.45) is 4.21. The zero-order valence-corrected chi connectivity index (χ0v) is 14.6. The Bertz CT molecular complexity index is 716. The summed E-state index contributed by atoms with van der Waals surface area (Å²) >= 11 is 0. The lowest BCUT2D eigenvalue weighted by Gasteiger charge is -2.46. The molecular weight excluding hydrogens is 318 g/mol. The van der Waals surface area contributed by atoms with Gasteiger partial charge in [-0.05, 0) is 20.4 Å². The second kappa shape index (κ2) is 5.57. The molecule has 1 spiro atoms. The van der Waals surface area contributed by atoms with E-state index in [0.29, 0.717) is 19.6 Å². The van der Waals surface area contributed by atoms with Crippen LogP contribution < -0.4 is 4.90 Å². The molecule has 0 N–H and O–H groups in total. The van der Waals surface area contributed by atoms with Crippen LogP contribution in [0.5, 0.6) is 0 Å². The third-order valence-corrected chi connectivity index (χ3v) is 6.82. The molecule has 1 atom stereocenters. The summed E-state index contributed by atoms with van der Waals surface area (Å²) in [5.41, 5.74) is 0.438. The average molecular weight is 341 g/mol. The number of rotatable bonds is 3. The Hall–Kier alpha value is -1.45. The largest absolute Gasteiger partial charge is 0.306 e. The molecule has 2 fully saturated rings. The third kappa shape index (κ3) is 2.77. The van der Waals surface area contributed by atoms with Gasteiger partial charge in [0.1, 0.15) is 0 Å². The molecule has 3 heterocycles. The van der Waals surface area contributed by atoms with Gasteiger partial charge in [-0.3, -0.25) is 14.4 Å². The number of carbonyl (C=O) groups is 1. The Morgan fingerprint density at radius 2 is 2.04 bits per heavy atom. The van der Waals surface area contributed by atoms with Gasteiger partial charge in [0.15, 0.2) is 0 Å². The van der Waals surface area contributed by atoms with E-state index in [1.54, 1.807) is 27.0 Å². The molecule has 1 aromatic heterocycles. The van der Waals surface area contributed by atoms with E-state index >= 15 is 0 Å². The molecule has 0 saturated carbocycles. The number of aryl methyl sites for hydroxylation is 1. The molecule has 8 nitrogen and oxygen atoms in total. The van der Waals surface area contributed by atoms with Gasteiger partial charge in [-0.25, -0.2) is 8.42 Å². The first kappa shape index (κ1) is 16.4. The van der Waals surface area contributed by atoms with Gasteiger partial charge in [-0.15, -0.1) is 0 Å². The molecule has 1 aromatic rings. The van der Waals surface area contributed by atoms with Crippen LogP contribution in [0, 0.1) is 0 Å². The fraction of sp³-hybridized carbons (Fsp3) is 0.714. The SMILES string of the molecule is CCS(=O)(=O)N1CC[C@@]2(CN(c3cnn(C)c3)C(=O)CN2C)C1. The first-order valence-electron chi connectivity index (χ1n) is 7.75. The highest BCUT2D eigenvalue weighted by Crippen LogP contribution is 2.34. The first-order chi connectivity index (χ1) is 10.8. The van der Waals surface area contributed by atoms with Crippen LogP contribution in [0.4, 0.5) is 5.69 Å². The normalized spacial score (nSPS) is 27.3. The number of anilines is 1. The molecule has 0 aromatic carbocycles. The number of nitrogens with zero attached hydrogens (tertiary/aromatic N) is 5. The number of amides is 1. The van der Waals surface area contributed by atoms with E-state index in [2.05, 4.69) is 5.10 Å². The van der Waals surface area contributed by atoms with Crippen molar-refractivity contribution in [3.05, 3.63) is 12.4 Å². The van der Waals surface area contributed by atoms with E-state index in [4.69, 9.17) is 0 Å². The summed E-state index contributed by atoms with van der Waals surface area (Å²) in [4.78, 5) is 16.1. The molecule has 2 aliphatic rings. The number of piperazine rings is 1. The van der Waals surface area contributed by atoms with Crippen molar-refractivity contribution in [1.82, 2.24) is 19.0 Å². The van der Waals surface area contributed by atoms with Crippen molar-refractivity contribution in [2.45, 2.75) is 18.9 Å². The van der Waals surface area contributed by atoms with E-state index < -0.39 is 10.0 Å². The molecule has 1 amide bonds. The Morgan fingerprint density at radius 3 is 2.65 bits per heavy atom. The third-order valence-electron chi connectivity index (χ3n) is 4.99. The van der Waals surface area contributed by atoms with Gasteiger partial charge in [0, 0.05) is 32.9 Å². The van der Waals surface area contributed by atoms with Gasteiger partial charge in [0.2, 0.25) is 15.9 Å². The summed E-state index contributed by atoms with van der Waals surface area (Å²) in [5, 5.41) is 4.13. The van der Waals surface area contributed by atoms with Gasteiger partial charge in [0.05, 0.1) is 29.7 Å². The summed E-state index contributed by atoms with van der Waals surface area (Å²) in [6.45, 7) is 3.38. The highest BCUT2D eigenvalue weighted by molar-refractivity contribution is 7.89. The quantitative estimate of drug-likeness (QED) is 0.740. The molecule has 0 radical (unpaired) electrons. The standard InChI is InChI=1S/C14H23N5O3S/c1-4-23(21,22)18-6-5-14(10-18)11-19(13(20)9-16(14)2)12-7-15-17(3)8-12/h7-8H,4-6,9-11H2,1-3H3/t14-/m0/s1. The van der Waals surface area contributed by atoms with Crippen molar-refractivity contribution < 1.29 is 13.2 Å². The van der Waals surface area contributed by atoms with Crippen LogP contribution in [0.2, 0.25) is 0 Å². The Labute approximate surface area is 136 Å². The summed E-state index contributed by atoms with van der Waals surface area (Å²) < 4.78 is 27.6. The number of likely N-dealkylation sites (N-methyl/N-ethyl adjacent to an activating group) is 1. The van der Waals surface area contributed by atoms with Crippen LogP contribution in [0.1, 0.15) is 13.3 Å². The van der Waals surface area contributed by atoms with E-state index in [1.165, 1.54) is 0 Å². The molecule has 0 aliphatic carbocycles. The zero-order chi connectivity index (χ0) is 16.8. The predicted octanol–water partition coefficient (Wildman–Crippen LogP) is -0.507. The Balaban J connectivity index is 1.86. The van der Waals surface area contributed by atoms with Gasteiger partial charge >= 0.3 is 0 Å². The first-order valence-corrected chi connectivity index (χ1v) is 9.36. The van der Waals surface area contributed by atoms with Crippen molar-refractivity contribution in [2.24, 2.45) is 7.05 Å². The monoisotopic (exact) mass is 341 g/mol.